The first-order chi connectivity index (χ1) is 8.18. The monoisotopic (exact) mass is 312 g/mol. The number of sulfone groups is 1. The van der Waals surface area contributed by atoms with Gasteiger partial charge in [-0.25, -0.2) is 8.42 Å². The van der Waals surface area contributed by atoms with E-state index in [4.69, 9.17) is 0 Å². The van der Waals surface area contributed by atoms with E-state index < -0.39 is 15.4 Å². The third-order valence-corrected chi connectivity index (χ3v) is 3.94. The SMILES string of the molecule is CC(C)(CCS(C)(=O)=O)NC(=O)CNCC1CC1.Cl. The van der Waals surface area contributed by atoms with E-state index in [9.17, 15) is 13.2 Å². The first-order valence-electron chi connectivity index (χ1n) is 6.37. The van der Waals surface area contributed by atoms with Gasteiger partial charge in [0.1, 0.15) is 9.84 Å². The van der Waals surface area contributed by atoms with Crippen LogP contribution in [0.4, 0.5) is 0 Å². The number of carbonyl (C=O) groups is 1. The molecule has 0 aromatic rings. The van der Waals surface area contributed by atoms with Crippen molar-refractivity contribution in [3.63, 3.8) is 0 Å². The zero-order chi connectivity index (χ0) is 13.8. The van der Waals surface area contributed by atoms with Gasteiger partial charge in [0.25, 0.3) is 0 Å². The van der Waals surface area contributed by atoms with Crippen molar-refractivity contribution < 1.29 is 13.2 Å². The minimum atomic E-state index is -2.98. The molecule has 1 saturated carbocycles. The van der Waals surface area contributed by atoms with E-state index in [2.05, 4.69) is 10.6 Å². The van der Waals surface area contributed by atoms with E-state index in [0.29, 0.717) is 13.0 Å². The van der Waals surface area contributed by atoms with E-state index in [1.807, 2.05) is 13.8 Å². The van der Waals surface area contributed by atoms with E-state index >= 15 is 0 Å². The van der Waals surface area contributed by atoms with Crippen LogP contribution in [0.5, 0.6) is 0 Å². The molecule has 1 aliphatic carbocycles. The minimum Gasteiger partial charge on any atom is -0.350 e. The van der Waals surface area contributed by atoms with Gasteiger partial charge in [0.2, 0.25) is 5.91 Å². The lowest BCUT2D eigenvalue weighted by molar-refractivity contribution is -0.121. The fourth-order valence-electron chi connectivity index (χ4n) is 1.64. The number of hydrogen-bond acceptors (Lipinski definition) is 4. The Morgan fingerprint density at radius 3 is 2.37 bits per heavy atom. The maximum Gasteiger partial charge on any atom is 0.234 e. The minimum absolute atomic E-state index is 0. The van der Waals surface area contributed by atoms with Crippen molar-refractivity contribution in [1.29, 1.82) is 0 Å². The second-order valence-electron chi connectivity index (χ2n) is 5.89. The van der Waals surface area contributed by atoms with Crippen molar-refractivity contribution in [1.82, 2.24) is 10.6 Å². The molecule has 0 spiro atoms. The smallest absolute Gasteiger partial charge is 0.234 e. The van der Waals surface area contributed by atoms with Crippen molar-refractivity contribution in [2.24, 2.45) is 5.92 Å². The summed E-state index contributed by atoms with van der Waals surface area (Å²) in [5.41, 5.74) is -0.485. The lowest BCUT2D eigenvalue weighted by Crippen LogP contribution is -2.48. The van der Waals surface area contributed by atoms with Crippen LogP contribution in [0.2, 0.25) is 0 Å². The predicted molar refractivity (Wildman–Crippen MR) is 79.4 cm³/mol. The molecule has 0 aromatic carbocycles. The van der Waals surface area contributed by atoms with Crippen LogP contribution in [0.3, 0.4) is 0 Å². The number of halogens is 1. The zero-order valence-corrected chi connectivity index (χ0v) is 13.5. The van der Waals surface area contributed by atoms with Crippen LogP contribution in [0.15, 0.2) is 0 Å². The zero-order valence-electron chi connectivity index (χ0n) is 11.9. The fourth-order valence-corrected chi connectivity index (χ4v) is 2.52. The molecule has 1 amide bonds. The van der Waals surface area contributed by atoms with Gasteiger partial charge < -0.3 is 10.6 Å². The topological polar surface area (TPSA) is 75.3 Å². The Kier molecular flexibility index (Phi) is 7.32. The highest BCUT2D eigenvalue weighted by Crippen LogP contribution is 2.27. The molecule has 0 atom stereocenters. The van der Waals surface area contributed by atoms with Gasteiger partial charge in [-0.3, -0.25) is 4.79 Å². The van der Waals surface area contributed by atoms with Crippen molar-refractivity contribution in [2.75, 3.05) is 25.1 Å². The van der Waals surface area contributed by atoms with Crippen LogP contribution in [0, 0.1) is 5.92 Å². The van der Waals surface area contributed by atoms with Crippen LogP contribution >= 0.6 is 12.4 Å². The molecular formula is C12H25ClN2O3S. The molecule has 0 aromatic heterocycles. The molecule has 0 bridgehead atoms. The summed E-state index contributed by atoms with van der Waals surface area (Å²) in [5.74, 6) is 0.765. The van der Waals surface area contributed by atoms with Crippen molar-refractivity contribution in [2.45, 2.75) is 38.6 Å². The summed E-state index contributed by atoms with van der Waals surface area (Å²) in [6.07, 6.45) is 4.16. The molecule has 0 heterocycles. The molecule has 2 N–H and O–H groups in total. The third kappa shape index (κ3) is 10.2. The highest BCUT2D eigenvalue weighted by molar-refractivity contribution is 7.90. The quantitative estimate of drug-likeness (QED) is 0.693. The van der Waals surface area contributed by atoms with Gasteiger partial charge in [-0.15, -0.1) is 12.4 Å². The Labute approximate surface area is 122 Å². The summed E-state index contributed by atoms with van der Waals surface area (Å²) in [7, 11) is -2.98. The van der Waals surface area contributed by atoms with E-state index in [-0.39, 0.29) is 24.1 Å². The normalized spacial score (nSPS) is 15.7. The Bertz CT molecular complexity index is 392. The van der Waals surface area contributed by atoms with Crippen LogP contribution in [0.25, 0.3) is 0 Å². The summed E-state index contributed by atoms with van der Waals surface area (Å²) in [6, 6.07) is 0. The van der Waals surface area contributed by atoms with Crippen LogP contribution in [-0.4, -0.2) is 45.0 Å². The Morgan fingerprint density at radius 2 is 1.89 bits per heavy atom. The molecule has 1 rings (SSSR count). The highest BCUT2D eigenvalue weighted by Gasteiger charge is 2.23. The Balaban J connectivity index is 0.00000324. The molecule has 0 saturated heterocycles. The predicted octanol–water partition coefficient (Wildman–Crippen LogP) is 0.737. The first kappa shape index (κ1) is 18.7. The van der Waals surface area contributed by atoms with E-state index in [1.54, 1.807) is 0 Å². The molecule has 0 radical (unpaired) electrons. The summed E-state index contributed by atoms with van der Waals surface area (Å²) in [5, 5.41) is 5.97. The average molecular weight is 313 g/mol. The Morgan fingerprint density at radius 1 is 1.32 bits per heavy atom. The van der Waals surface area contributed by atoms with Crippen molar-refractivity contribution in [3.05, 3.63) is 0 Å². The largest absolute Gasteiger partial charge is 0.350 e. The van der Waals surface area contributed by atoms with Gasteiger partial charge in [0.05, 0.1) is 12.3 Å². The fraction of sp³-hybridized carbons (Fsp3) is 0.917. The molecule has 1 aliphatic rings. The maximum atomic E-state index is 11.7. The average Bonchev–Trinajstić information content (AvgIpc) is 2.97. The van der Waals surface area contributed by atoms with Gasteiger partial charge in [-0.1, -0.05) is 0 Å². The van der Waals surface area contributed by atoms with Gasteiger partial charge >= 0.3 is 0 Å². The van der Waals surface area contributed by atoms with Gasteiger partial charge in [0.15, 0.2) is 0 Å². The number of carbonyl (C=O) groups excluding carboxylic acids is 1. The molecule has 114 valence electrons. The molecule has 0 aliphatic heterocycles. The number of hydrogen-bond donors (Lipinski definition) is 2. The van der Waals surface area contributed by atoms with E-state index in [1.165, 1.54) is 19.1 Å². The van der Waals surface area contributed by atoms with Crippen LogP contribution < -0.4 is 10.6 Å². The molecule has 7 heteroatoms. The summed E-state index contributed by atoms with van der Waals surface area (Å²) < 4.78 is 22.2. The summed E-state index contributed by atoms with van der Waals surface area (Å²) in [6.45, 7) is 4.89. The lowest BCUT2D eigenvalue weighted by Gasteiger charge is -2.26. The molecule has 0 unspecified atom stereocenters. The highest BCUT2D eigenvalue weighted by atomic mass is 35.5. The van der Waals surface area contributed by atoms with Crippen LogP contribution in [0.1, 0.15) is 33.1 Å². The van der Waals surface area contributed by atoms with Crippen molar-refractivity contribution >= 4 is 28.2 Å². The number of rotatable bonds is 8. The van der Waals surface area contributed by atoms with Gasteiger partial charge in [0, 0.05) is 11.8 Å². The summed E-state index contributed by atoms with van der Waals surface area (Å²) in [4.78, 5) is 11.7. The van der Waals surface area contributed by atoms with E-state index in [0.717, 1.165) is 12.5 Å². The van der Waals surface area contributed by atoms with Crippen molar-refractivity contribution in [3.8, 4) is 0 Å². The summed E-state index contributed by atoms with van der Waals surface area (Å²) >= 11 is 0. The lowest BCUT2D eigenvalue weighted by atomic mass is 10.0. The molecule has 1 fully saturated rings. The maximum absolute atomic E-state index is 11.7. The van der Waals surface area contributed by atoms with Gasteiger partial charge in [-0.2, -0.15) is 0 Å². The second-order valence-corrected chi connectivity index (χ2v) is 8.15. The van der Waals surface area contributed by atoms with Crippen LogP contribution in [-0.2, 0) is 14.6 Å². The molecule has 19 heavy (non-hydrogen) atoms. The standard InChI is InChI=1S/C12H24N2O3S.ClH/c1-12(2,6-7-18(3,16)17)14-11(15)9-13-8-10-4-5-10;/h10,13H,4-9H2,1-3H3,(H,14,15);1H. The van der Waals surface area contributed by atoms with Gasteiger partial charge in [-0.05, 0) is 45.6 Å². The third-order valence-electron chi connectivity index (χ3n) is 2.99. The molecular weight excluding hydrogens is 288 g/mol. The molecule has 5 nitrogen and oxygen atoms in total. The number of amides is 1. The number of nitrogens with one attached hydrogen (secondary N) is 2. The Hall–Kier alpha value is -0.330. The second kappa shape index (κ2) is 7.45. The first-order valence-corrected chi connectivity index (χ1v) is 8.43.